The summed E-state index contributed by atoms with van der Waals surface area (Å²) >= 11 is 0. The lowest BCUT2D eigenvalue weighted by Crippen LogP contribution is -2.60. The number of unbranched alkanes of at least 4 members (excludes halogenated alkanes) is 17. The SMILES string of the molecule is CC/C=C\C/C=C\C/C=C\CCCCCC(=O)OC(COC(=O)CCCCCCCCC/C=C\CCCCCCCCC)COC1OC(CS(=O)(=O)O)C(O)C(O)C1O. The summed E-state index contributed by atoms with van der Waals surface area (Å²) in [7, 11) is -4.61. The van der Waals surface area contributed by atoms with Gasteiger partial charge in [0, 0.05) is 12.8 Å². The van der Waals surface area contributed by atoms with E-state index in [0.29, 0.717) is 12.8 Å². The number of hydrogen-bond donors (Lipinski definition) is 4. The van der Waals surface area contributed by atoms with Crippen molar-refractivity contribution in [1.82, 2.24) is 0 Å². The van der Waals surface area contributed by atoms with Crippen LogP contribution in [0.4, 0.5) is 0 Å². The summed E-state index contributed by atoms with van der Waals surface area (Å²) in [6.45, 7) is 3.61. The molecule has 342 valence electrons. The number of rotatable bonds is 37. The molecule has 0 aromatic heterocycles. The summed E-state index contributed by atoms with van der Waals surface area (Å²) in [4.78, 5) is 25.4. The molecule has 6 unspecified atom stereocenters. The molecule has 6 atom stereocenters. The Morgan fingerprint density at radius 1 is 0.593 bits per heavy atom. The van der Waals surface area contributed by atoms with Gasteiger partial charge in [-0.1, -0.05) is 140 Å². The highest BCUT2D eigenvalue weighted by atomic mass is 32.2. The van der Waals surface area contributed by atoms with Gasteiger partial charge < -0.3 is 34.3 Å². The van der Waals surface area contributed by atoms with E-state index < -0.39 is 71.2 Å². The molecule has 0 saturated carbocycles. The molecule has 0 amide bonds. The molecule has 1 aliphatic heterocycles. The fraction of sp³-hybridized carbons (Fsp3) is 0.783. The Balaban J connectivity index is 2.45. The Kier molecular flexibility index (Phi) is 33.6. The summed E-state index contributed by atoms with van der Waals surface area (Å²) in [5.74, 6) is -2.03. The molecule has 0 bridgehead atoms. The van der Waals surface area contributed by atoms with Crippen LogP contribution in [0.15, 0.2) is 48.6 Å². The van der Waals surface area contributed by atoms with Crippen molar-refractivity contribution < 1.29 is 56.8 Å². The van der Waals surface area contributed by atoms with Crippen LogP contribution in [0.2, 0.25) is 0 Å². The predicted octanol–water partition coefficient (Wildman–Crippen LogP) is 9.17. The van der Waals surface area contributed by atoms with Crippen LogP contribution in [-0.2, 0) is 38.7 Å². The minimum absolute atomic E-state index is 0.127. The molecule has 1 saturated heterocycles. The van der Waals surface area contributed by atoms with E-state index >= 15 is 0 Å². The molecule has 1 fully saturated rings. The number of carbonyl (C=O) groups excluding carboxylic acids is 2. The highest BCUT2D eigenvalue weighted by Crippen LogP contribution is 2.24. The van der Waals surface area contributed by atoms with E-state index in [1.54, 1.807) is 0 Å². The highest BCUT2D eigenvalue weighted by Gasteiger charge is 2.46. The molecule has 0 aromatic rings. The van der Waals surface area contributed by atoms with Crippen LogP contribution >= 0.6 is 0 Å². The fourth-order valence-corrected chi connectivity index (χ4v) is 7.32. The second-order valence-electron chi connectivity index (χ2n) is 15.7. The van der Waals surface area contributed by atoms with Gasteiger partial charge in [0.15, 0.2) is 12.4 Å². The van der Waals surface area contributed by atoms with Gasteiger partial charge in [0.1, 0.15) is 36.8 Å². The van der Waals surface area contributed by atoms with Crippen molar-refractivity contribution in [3.63, 3.8) is 0 Å². The van der Waals surface area contributed by atoms with E-state index in [9.17, 15) is 37.9 Å². The Morgan fingerprint density at radius 2 is 1.07 bits per heavy atom. The van der Waals surface area contributed by atoms with E-state index in [2.05, 4.69) is 62.5 Å². The number of allylic oxidation sites excluding steroid dienone is 8. The number of hydrogen-bond acceptors (Lipinski definition) is 11. The van der Waals surface area contributed by atoms with Crippen molar-refractivity contribution in [2.24, 2.45) is 0 Å². The molecule has 0 radical (unpaired) electrons. The molecule has 1 rings (SSSR count). The smallest absolute Gasteiger partial charge is 0.306 e. The van der Waals surface area contributed by atoms with E-state index in [-0.39, 0.29) is 19.4 Å². The molecule has 1 aliphatic rings. The summed E-state index contributed by atoms with van der Waals surface area (Å²) in [5, 5.41) is 30.9. The Bertz CT molecular complexity index is 1280. The average Bonchev–Trinajstić information content (AvgIpc) is 3.20. The van der Waals surface area contributed by atoms with Gasteiger partial charge >= 0.3 is 11.9 Å². The number of esters is 2. The van der Waals surface area contributed by atoms with Gasteiger partial charge in [0.25, 0.3) is 10.1 Å². The topological polar surface area (TPSA) is 186 Å². The van der Waals surface area contributed by atoms with Crippen molar-refractivity contribution in [2.75, 3.05) is 19.0 Å². The lowest BCUT2D eigenvalue weighted by atomic mass is 10.00. The van der Waals surface area contributed by atoms with Crippen LogP contribution in [0.1, 0.15) is 174 Å². The zero-order valence-electron chi connectivity index (χ0n) is 36.3. The summed E-state index contributed by atoms with van der Waals surface area (Å²) in [6.07, 6.45) is 33.1. The maximum atomic E-state index is 12.8. The maximum absolute atomic E-state index is 12.8. The first-order valence-electron chi connectivity index (χ1n) is 22.7. The standard InChI is InChI=1S/C46H80O12S/c1-3-5-7-9-11-13-15-17-18-19-20-21-23-24-26-28-30-32-34-41(47)55-36-39(37-56-46-45(51)44(50)43(49)40(58-46)38-59(52,53)54)57-42(48)35-33-31-29-27-25-22-16-14-12-10-8-6-4-2/h6,8,12,14,18-19,22,25,39-40,43-46,49-51H,3-5,7,9-11,13,15-17,20-21,23-24,26-38H2,1-2H3,(H,52,53,54)/b8-6-,14-12-,19-18-,25-22-. The Morgan fingerprint density at radius 3 is 1.63 bits per heavy atom. The van der Waals surface area contributed by atoms with E-state index in [4.69, 9.17) is 18.9 Å². The molecular formula is C46H80O12S. The van der Waals surface area contributed by atoms with Crippen molar-refractivity contribution in [3.8, 4) is 0 Å². The Hall–Kier alpha value is -2.39. The first-order chi connectivity index (χ1) is 28.5. The molecule has 0 aliphatic carbocycles. The van der Waals surface area contributed by atoms with Crippen LogP contribution in [0.3, 0.4) is 0 Å². The van der Waals surface area contributed by atoms with Crippen molar-refractivity contribution >= 4 is 22.1 Å². The molecular weight excluding hydrogens is 777 g/mol. The van der Waals surface area contributed by atoms with Gasteiger partial charge in [-0.15, -0.1) is 0 Å². The largest absolute Gasteiger partial charge is 0.462 e. The predicted molar refractivity (Wildman–Crippen MR) is 233 cm³/mol. The number of aliphatic hydroxyl groups is 3. The lowest BCUT2D eigenvalue weighted by molar-refractivity contribution is -0.297. The molecule has 0 spiro atoms. The first-order valence-corrected chi connectivity index (χ1v) is 24.3. The Labute approximate surface area is 356 Å². The van der Waals surface area contributed by atoms with Crippen LogP contribution in [0.25, 0.3) is 0 Å². The summed E-state index contributed by atoms with van der Waals surface area (Å²) < 4.78 is 54.0. The molecule has 13 heteroatoms. The van der Waals surface area contributed by atoms with Gasteiger partial charge in [0.2, 0.25) is 0 Å². The van der Waals surface area contributed by atoms with Crippen LogP contribution in [0, 0.1) is 0 Å². The second kappa shape index (κ2) is 36.3. The van der Waals surface area contributed by atoms with Gasteiger partial charge in [0.05, 0.1) is 6.61 Å². The van der Waals surface area contributed by atoms with Crippen LogP contribution < -0.4 is 0 Å². The summed E-state index contributed by atoms with van der Waals surface area (Å²) in [5.41, 5.74) is 0. The van der Waals surface area contributed by atoms with Gasteiger partial charge in [-0.25, -0.2) is 0 Å². The molecule has 0 aromatic carbocycles. The zero-order chi connectivity index (χ0) is 43.4. The van der Waals surface area contributed by atoms with Crippen molar-refractivity contribution in [3.05, 3.63) is 48.6 Å². The quantitative estimate of drug-likeness (QED) is 0.0201. The monoisotopic (exact) mass is 857 g/mol. The molecule has 59 heavy (non-hydrogen) atoms. The first kappa shape index (κ1) is 54.6. The van der Waals surface area contributed by atoms with E-state index in [0.717, 1.165) is 64.2 Å². The van der Waals surface area contributed by atoms with Crippen molar-refractivity contribution in [2.45, 2.75) is 211 Å². The second-order valence-corrected chi connectivity index (χ2v) is 17.2. The van der Waals surface area contributed by atoms with Crippen molar-refractivity contribution in [1.29, 1.82) is 0 Å². The third-order valence-electron chi connectivity index (χ3n) is 10.1. The molecule has 12 nitrogen and oxygen atoms in total. The third-order valence-corrected chi connectivity index (χ3v) is 10.9. The average molecular weight is 857 g/mol. The van der Waals surface area contributed by atoms with Crippen LogP contribution in [-0.4, -0.2) is 96.0 Å². The third kappa shape index (κ3) is 31.2. The normalized spacial score (nSPS) is 20.7. The number of ether oxygens (including phenoxy) is 4. The maximum Gasteiger partial charge on any atom is 0.306 e. The fourth-order valence-electron chi connectivity index (χ4n) is 6.63. The summed E-state index contributed by atoms with van der Waals surface area (Å²) in [6, 6.07) is 0. The zero-order valence-corrected chi connectivity index (χ0v) is 37.2. The minimum atomic E-state index is -4.61. The molecule has 1 heterocycles. The van der Waals surface area contributed by atoms with Gasteiger partial charge in [-0.05, 0) is 70.6 Å². The number of aliphatic hydroxyl groups excluding tert-OH is 3. The van der Waals surface area contributed by atoms with Gasteiger partial charge in [-0.3, -0.25) is 14.1 Å². The number of carbonyl (C=O) groups is 2. The van der Waals surface area contributed by atoms with Gasteiger partial charge in [-0.2, -0.15) is 8.42 Å². The minimum Gasteiger partial charge on any atom is -0.462 e. The lowest BCUT2D eigenvalue weighted by Gasteiger charge is -2.40. The highest BCUT2D eigenvalue weighted by molar-refractivity contribution is 7.85. The molecule has 4 N–H and O–H groups in total. The van der Waals surface area contributed by atoms with Crippen LogP contribution in [0.5, 0.6) is 0 Å². The van der Waals surface area contributed by atoms with E-state index in [1.807, 2.05) is 0 Å². The van der Waals surface area contributed by atoms with E-state index in [1.165, 1.54) is 70.6 Å².